The summed E-state index contributed by atoms with van der Waals surface area (Å²) in [5.74, 6) is 0.430. The summed E-state index contributed by atoms with van der Waals surface area (Å²) < 4.78 is 32.8. The molecule has 0 aromatic heterocycles. The van der Waals surface area contributed by atoms with Crippen molar-refractivity contribution in [1.82, 2.24) is 0 Å². The Labute approximate surface area is 135 Å². The Morgan fingerprint density at radius 3 is 1.61 bits per heavy atom. The van der Waals surface area contributed by atoms with Gasteiger partial charge in [0.1, 0.15) is 23.1 Å². The van der Waals surface area contributed by atoms with E-state index < -0.39 is 0 Å². The van der Waals surface area contributed by atoms with Crippen LogP contribution in [0.25, 0.3) is 12.2 Å². The third-order valence-corrected chi connectivity index (χ3v) is 3.23. The SMILES string of the molecule is CCC=Cc1cc(F)ccc1Oc1ccc(F)cc1C=CCC. The summed E-state index contributed by atoms with van der Waals surface area (Å²) in [7, 11) is 0. The van der Waals surface area contributed by atoms with E-state index in [1.807, 2.05) is 38.2 Å². The van der Waals surface area contributed by atoms with Gasteiger partial charge in [-0.15, -0.1) is 0 Å². The zero-order valence-corrected chi connectivity index (χ0v) is 13.4. The number of hydrogen-bond donors (Lipinski definition) is 0. The van der Waals surface area contributed by atoms with Crippen LogP contribution in [0.3, 0.4) is 0 Å². The van der Waals surface area contributed by atoms with Crippen LogP contribution in [-0.4, -0.2) is 0 Å². The van der Waals surface area contributed by atoms with Gasteiger partial charge in [-0.3, -0.25) is 0 Å². The van der Waals surface area contributed by atoms with Gasteiger partial charge in [-0.25, -0.2) is 8.78 Å². The lowest BCUT2D eigenvalue weighted by atomic mass is 10.1. The predicted molar refractivity (Wildman–Crippen MR) is 91.5 cm³/mol. The molecule has 0 aliphatic carbocycles. The van der Waals surface area contributed by atoms with Crippen LogP contribution in [-0.2, 0) is 0 Å². The van der Waals surface area contributed by atoms with E-state index in [1.54, 1.807) is 12.1 Å². The Hall–Kier alpha value is -2.42. The number of ether oxygens (including phenoxy) is 1. The Morgan fingerprint density at radius 2 is 1.22 bits per heavy atom. The van der Waals surface area contributed by atoms with Crippen LogP contribution in [0.1, 0.15) is 37.8 Å². The second kappa shape index (κ2) is 8.28. The molecule has 0 heterocycles. The van der Waals surface area contributed by atoms with E-state index in [4.69, 9.17) is 4.74 Å². The van der Waals surface area contributed by atoms with E-state index in [-0.39, 0.29) is 11.6 Å². The van der Waals surface area contributed by atoms with Gasteiger partial charge >= 0.3 is 0 Å². The number of hydrogen-bond acceptors (Lipinski definition) is 1. The van der Waals surface area contributed by atoms with Gasteiger partial charge in [-0.2, -0.15) is 0 Å². The van der Waals surface area contributed by atoms with Crippen LogP contribution in [0.2, 0.25) is 0 Å². The van der Waals surface area contributed by atoms with Crippen LogP contribution in [0.5, 0.6) is 11.5 Å². The zero-order valence-electron chi connectivity index (χ0n) is 13.4. The van der Waals surface area contributed by atoms with Gasteiger partial charge < -0.3 is 4.74 Å². The largest absolute Gasteiger partial charge is 0.456 e. The zero-order chi connectivity index (χ0) is 16.7. The lowest BCUT2D eigenvalue weighted by Gasteiger charge is -2.12. The average Bonchev–Trinajstić information content (AvgIpc) is 2.54. The summed E-state index contributed by atoms with van der Waals surface area (Å²) in [5.41, 5.74) is 1.31. The number of halogens is 2. The fourth-order valence-corrected chi connectivity index (χ4v) is 2.09. The van der Waals surface area contributed by atoms with Gasteiger partial charge in [-0.05, 0) is 49.2 Å². The summed E-state index contributed by atoms with van der Waals surface area (Å²) in [6.07, 6.45) is 9.20. The highest BCUT2D eigenvalue weighted by Gasteiger charge is 2.08. The molecule has 0 unspecified atom stereocenters. The first kappa shape index (κ1) is 16.9. The topological polar surface area (TPSA) is 9.23 Å². The molecule has 23 heavy (non-hydrogen) atoms. The summed E-state index contributed by atoms with van der Waals surface area (Å²) >= 11 is 0. The van der Waals surface area contributed by atoms with Crippen molar-refractivity contribution < 1.29 is 13.5 Å². The molecule has 0 aliphatic heterocycles. The maximum atomic E-state index is 13.5. The summed E-state index contributed by atoms with van der Waals surface area (Å²) in [5, 5.41) is 0. The number of allylic oxidation sites excluding steroid dienone is 2. The van der Waals surface area contributed by atoms with Crippen molar-refractivity contribution in [3.05, 3.63) is 71.3 Å². The maximum Gasteiger partial charge on any atom is 0.134 e. The fourth-order valence-electron chi connectivity index (χ4n) is 2.09. The molecule has 0 aliphatic rings. The third-order valence-electron chi connectivity index (χ3n) is 3.23. The van der Waals surface area contributed by atoms with E-state index in [0.29, 0.717) is 22.6 Å². The maximum absolute atomic E-state index is 13.5. The standard InChI is InChI=1S/C20H20F2O/c1-3-5-7-15-13-17(21)9-11-19(15)23-20-12-10-18(22)14-16(20)8-6-4-2/h5-14H,3-4H2,1-2H3. The van der Waals surface area contributed by atoms with Crippen LogP contribution in [0.15, 0.2) is 48.6 Å². The first-order chi connectivity index (χ1) is 11.1. The first-order valence-electron chi connectivity index (χ1n) is 7.74. The van der Waals surface area contributed by atoms with E-state index >= 15 is 0 Å². The molecule has 120 valence electrons. The Morgan fingerprint density at radius 1 is 0.783 bits per heavy atom. The van der Waals surface area contributed by atoms with Crippen molar-refractivity contribution >= 4 is 12.2 Å². The summed E-state index contributed by atoms with van der Waals surface area (Å²) in [6.45, 7) is 4.01. The number of benzene rings is 2. The molecule has 0 spiro atoms. The molecule has 0 bridgehead atoms. The van der Waals surface area contributed by atoms with Gasteiger partial charge in [0, 0.05) is 11.1 Å². The van der Waals surface area contributed by atoms with Gasteiger partial charge in [0.15, 0.2) is 0 Å². The first-order valence-corrected chi connectivity index (χ1v) is 7.74. The highest BCUT2D eigenvalue weighted by atomic mass is 19.1. The van der Waals surface area contributed by atoms with E-state index in [2.05, 4.69) is 0 Å². The molecular formula is C20H20F2O. The molecule has 2 aromatic rings. The third kappa shape index (κ3) is 4.78. The molecule has 0 N–H and O–H groups in total. The van der Waals surface area contributed by atoms with Crippen molar-refractivity contribution in [1.29, 1.82) is 0 Å². The summed E-state index contributed by atoms with van der Waals surface area (Å²) in [4.78, 5) is 0. The minimum Gasteiger partial charge on any atom is -0.456 e. The Bertz CT molecular complexity index is 656. The molecular weight excluding hydrogens is 294 g/mol. The Balaban J connectivity index is 2.39. The molecule has 2 rings (SSSR count). The minimum absolute atomic E-state index is 0.321. The molecule has 0 saturated heterocycles. The van der Waals surface area contributed by atoms with Crippen molar-refractivity contribution in [2.45, 2.75) is 26.7 Å². The lowest BCUT2D eigenvalue weighted by molar-refractivity contribution is 0.476. The van der Waals surface area contributed by atoms with E-state index in [1.165, 1.54) is 24.3 Å². The molecule has 0 amide bonds. The molecule has 1 nitrogen and oxygen atoms in total. The fraction of sp³-hybridized carbons (Fsp3) is 0.200. The molecule has 0 saturated carbocycles. The highest BCUT2D eigenvalue weighted by Crippen LogP contribution is 2.31. The van der Waals surface area contributed by atoms with Crippen LogP contribution in [0, 0.1) is 11.6 Å². The van der Waals surface area contributed by atoms with Crippen molar-refractivity contribution in [2.75, 3.05) is 0 Å². The highest BCUT2D eigenvalue weighted by molar-refractivity contribution is 5.61. The lowest BCUT2D eigenvalue weighted by Crippen LogP contribution is -1.92. The van der Waals surface area contributed by atoms with E-state index in [9.17, 15) is 8.78 Å². The molecule has 0 radical (unpaired) electrons. The normalized spacial score (nSPS) is 11.5. The van der Waals surface area contributed by atoms with Crippen molar-refractivity contribution in [2.24, 2.45) is 0 Å². The smallest absolute Gasteiger partial charge is 0.134 e. The second-order valence-electron chi connectivity index (χ2n) is 5.09. The minimum atomic E-state index is -0.321. The van der Waals surface area contributed by atoms with E-state index in [0.717, 1.165) is 12.8 Å². The molecule has 0 atom stereocenters. The Kier molecular flexibility index (Phi) is 6.10. The molecule has 2 aromatic carbocycles. The predicted octanol–water partition coefficient (Wildman–Crippen LogP) is 6.60. The quantitative estimate of drug-likeness (QED) is 0.583. The van der Waals surface area contributed by atoms with Gasteiger partial charge in [-0.1, -0.05) is 38.2 Å². The molecule has 0 fully saturated rings. The van der Waals surface area contributed by atoms with Crippen LogP contribution < -0.4 is 4.74 Å². The summed E-state index contributed by atoms with van der Waals surface area (Å²) in [6, 6.07) is 8.72. The van der Waals surface area contributed by atoms with Gasteiger partial charge in [0.2, 0.25) is 0 Å². The van der Waals surface area contributed by atoms with Crippen LogP contribution >= 0.6 is 0 Å². The van der Waals surface area contributed by atoms with Gasteiger partial charge in [0.05, 0.1) is 0 Å². The second-order valence-corrected chi connectivity index (χ2v) is 5.09. The van der Waals surface area contributed by atoms with Crippen LogP contribution in [0.4, 0.5) is 8.78 Å². The van der Waals surface area contributed by atoms with Crippen molar-refractivity contribution in [3.8, 4) is 11.5 Å². The monoisotopic (exact) mass is 314 g/mol. The average molecular weight is 314 g/mol. The molecule has 3 heteroatoms. The number of rotatable bonds is 6. The van der Waals surface area contributed by atoms with Gasteiger partial charge in [0.25, 0.3) is 0 Å². The van der Waals surface area contributed by atoms with Crippen molar-refractivity contribution in [3.63, 3.8) is 0 Å².